The summed E-state index contributed by atoms with van der Waals surface area (Å²) in [4.78, 5) is 16.0. The quantitative estimate of drug-likeness (QED) is 0.573. The summed E-state index contributed by atoms with van der Waals surface area (Å²) in [7, 11) is 1.56. The lowest BCUT2D eigenvalue weighted by Gasteiger charge is -2.13. The van der Waals surface area contributed by atoms with Crippen molar-refractivity contribution in [2.45, 2.75) is 6.61 Å². The molecular weight excluding hydrogens is 406 g/mol. The van der Waals surface area contributed by atoms with Crippen LogP contribution in [0.5, 0.6) is 11.5 Å². The third kappa shape index (κ3) is 4.15. The van der Waals surface area contributed by atoms with Crippen LogP contribution in [-0.4, -0.2) is 23.1 Å². The Morgan fingerprint density at radius 3 is 2.80 bits per heavy atom. The maximum absolute atomic E-state index is 11.8. The van der Waals surface area contributed by atoms with E-state index in [0.29, 0.717) is 28.3 Å². The summed E-state index contributed by atoms with van der Waals surface area (Å²) in [6.45, 7) is 0.314. The summed E-state index contributed by atoms with van der Waals surface area (Å²) in [5.74, 6) is 0.836. The summed E-state index contributed by atoms with van der Waals surface area (Å²) in [5, 5.41) is 5.61. The van der Waals surface area contributed by atoms with Crippen molar-refractivity contribution in [1.82, 2.24) is 15.6 Å². The van der Waals surface area contributed by atoms with Crippen molar-refractivity contribution in [3.8, 4) is 11.5 Å². The lowest BCUT2D eigenvalue weighted by atomic mass is 10.1. The Labute approximate surface area is 158 Å². The summed E-state index contributed by atoms with van der Waals surface area (Å²) < 4.78 is 12.0. The summed E-state index contributed by atoms with van der Waals surface area (Å²) >= 11 is 8.41. The molecule has 2 N–H and O–H groups in total. The molecule has 1 aromatic heterocycles. The van der Waals surface area contributed by atoms with Crippen LogP contribution < -0.4 is 20.1 Å². The third-order valence-electron chi connectivity index (χ3n) is 3.37. The number of hydrogen-bond donors (Lipinski definition) is 2. The second kappa shape index (κ2) is 7.62. The van der Waals surface area contributed by atoms with Crippen LogP contribution >= 0.6 is 28.1 Å². The number of rotatable bonds is 5. The van der Waals surface area contributed by atoms with Gasteiger partial charge in [-0.05, 0) is 64.1 Å². The van der Waals surface area contributed by atoms with Crippen LogP contribution in [0.2, 0.25) is 0 Å². The Bertz CT molecular complexity index is 856. The molecule has 1 saturated heterocycles. The molecule has 0 radical (unpaired) electrons. The summed E-state index contributed by atoms with van der Waals surface area (Å²) in [6, 6.07) is 9.24. The highest BCUT2D eigenvalue weighted by Gasteiger charge is 2.20. The lowest BCUT2D eigenvalue weighted by Crippen LogP contribution is -2.21. The van der Waals surface area contributed by atoms with E-state index in [9.17, 15) is 4.79 Å². The molecule has 1 amide bonds. The van der Waals surface area contributed by atoms with Crippen molar-refractivity contribution in [1.29, 1.82) is 0 Å². The first-order chi connectivity index (χ1) is 12.1. The van der Waals surface area contributed by atoms with E-state index in [1.807, 2.05) is 24.3 Å². The summed E-state index contributed by atoms with van der Waals surface area (Å²) in [5.41, 5.74) is 1.94. The first-order valence-corrected chi connectivity index (χ1v) is 8.51. The number of carbonyl (C=O) groups excluding carboxylic acids is 1. The Hall–Kier alpha value is -2.45. The zero-order valence-corrected chi connectivity index (χ0v) is 15.6. The molecule has 1 aromatic carbocycles. The zero-order chi connectivity index (χ0) is 17.8. The summed E-state index contributed by atoms with van der Waals surface area (Å²) in [6.07, 6.45) is 3.40. The van der Waals surface area contributed by atoms with Gasteiger partial charge in [-0.25, -0.2) is 0 Å². The number of aromatic nitrogens is 1. The smallest absolute Gasteiger partial charge is 0.273 e. The molecular formula is C17H14BrN3O3S. The van der Waals surface area contributed by atoms with Crippen LogP contribution in [0, 0.1) is 0 Å². The van der Waals surface area contributed by atoms with E-state index in [2.05, 4.69) is 31.5 Å². The fourth-order valence-corrected chi connectivity index (χ4v) is 3.02. The number of pyridine rings is 1. The largest absolute Gasteiger partial charge is 0.493 e. The molecule has 2 heterocycles. The Balaban J connectivity index is 1.85. The van der Waals surface area contributed by atoms with Crippen LogP contribution in [-0.2, 0) is 11.4 Å². The molecule has 3 rings (SSSR count). The van der Waals surface area contributed by atoms with Gasteiger partial charge in [0.1, 0.15) is 12.3 Å². The number of ether oxygens (including phenoxy) is 2. The first kappa shape index (κ1) is 17.4. The molecule has 0 bridgehead atoms. The number of halogens is 1. The van der Waals surface area contributed by atoms with Gasteiger partial charge in [0, 0.05) is 6.20 Å². The average molecular weight is 420 g/mol. The van der Waals surface area contributed by atoms with Gasteiger partial charge in [0.15, 0.2) is 16.6 Å². The van der Waals surface area contributed by atoms with Gasteiger partial charge >= 0.3 is 0 Å². The van der Waals surface area contributed by atoms with Gasteiger partial charge in [-0.2, -0.15) is 0 Å². The predicted octanol–water partition coefficient (Wildman–Crippen LogP) is 2.78. The number of benzene rings is 1. The van der Waals surface area contributed by atoms with Gasteiger partial charge in [-0.3, -0.25) is 15.1 Å². The Kier molecular flexibility index (Phi) is 5.30. The Morgan fingerprint density at radius 2 is 2.16 bits per heavy atom. The van der Waals surface area contributed by atoms with Crippen molar-refractivity contribution in [3.05, 3.63) is 58.0 Å². The van der Waals surface area contributed by atoms with E-state index in [0.717, 1.165) is 11.3 Å². The van der Waals surface area contributed by atoms with E-state index >= 15 is 0 Å². The predicted molar refractivity (Wildman–Crippen MR) is 101 cm³/mol. The highest BCUT2D eigenvalue weighted by atomic mass is 79.9. The molecule has 1 fully saturated rings. The molecule has 0 unspecified atom stereocenters. The molecule has 2 aromatic rings. The molecule has 0 aliphatic carbocycles. The minimum atomic E-state index is -0.268. The molecule has 0 spiro atoms. The molecule has 6 nitrogen and oxygen atoms in total. The number of carbonyl (C=O) groups is 1. The van der Waals surface area contributed by atoms with Crippen LogP contribution in [0.4, 0.5) is 0 Å². The fraction of sp³-hybridized carbons (Fsp3) is 0.118. The van der Waals surface area contributed by atoms with Crippen molar-refractivity contribution in [2.24, 2.45) is 0 Å². The van der Waals surface area contributed by atoms with Gasteiger partial charge < -0.3 is 14.8 Å². The van der Waals surface area contributed by atoms with E-state index < -0.39 is 0 Å². The fourth-order valence-electron chi connectivity index (χ4n) is 2.24. The van der Waals surface area contributed by atoms with E-state index in [1.165, 1.54) is 0 Å². The normalized spacial score (nSPS) is 15.0. The monoisotopic (exact) mass is 419 g/mol. The van der Waals surface area contributed by atoms with Crippen LogP contribution in [0.3, 0.4) is 0 Å². The maximum Gasteiger partial charge on any atom is 0.273 e. The zero-order valence-electron chi connectivity index (χ0n) is 13.2. The number of nitrogens with one attached hydrogen (secondary N) is 2. The second-order valence-electron chi connectivity index (χ2n) is 5.11. The number of methoxy groups -OCH3 is 1. The van der Waals surface area contributed by atoms with Crippen LogP contribution in [0.1, 0.15) is 11.3 Å². The minimum absolute atomic E-state index is 0.268. The number of nitrogens with zero attached hydrogens (tertiary/aromatic N) is 1. The minimum Gasteiger partial charge on any atom is -0.493 e. The lowest BCUT2D eigenvalue weighted by molar-refractivity contribution is -0.115. The van der Waals surface area contributed by atoms with Crippen molar-refractivity contribution in [3.63, 3.8) is 0 Å². The molecule has 0 saturated carbocycles. The SMILES string of the molecule is COc1cc(C=C2NC(=S)NC2=O)cc(Br)c1OCc1ccccn1. The van der Waals surface area contributed by atoms with Crippen molar-refractivity contribution >= 4 is 45.2 Å². The van der Waals surface area contributed by atoms with Crippen molar-refractivity contribution < 1.29 is 14.3 Å². The average Bonchev–Trinajstić information content (AvgIpc) is 2.91. The van der Waals surface area contributed by atoms with Gasteiger partial charge in [0.25, 0.3) is 5.91 Å². The number of hydrogen-bond acceptors (Lipinski definition) is 5. The molecule has 25 heavy (non-hydrogen) atoms. The van der Waals surface area contributed by atoms with Gasteiger partial charge in [-0.1, -0.05) is 6.07 Å². The highest BCUT2D eigenvalue weighted by Crippen LogP contribution is 2.37. The maximum atomic E-state index is 11.8. The highest BCUT2D eigenvalue weighted by molar-refractivity contribution is 9.10. The number of amides is 1. The molecule has 0 atom stereocenters. The Morgan fingerprint density at radius 1 is 1.32 bits per heavy atom. The van der Waals surface area contributed by atoms with E-state index in [1.54, 1.807) is 25.4 Å². The van der Waals surface area contributed by atoms with Crippen molar-refractivity contribution in [2.75, 3.05) is 7.11 Å². The van der Waals surface area contributed by atoms with Crippen LogP contribution in [0.25, 0.3) is 6.08 Å². The van der Waals surface area contributed by atoms with Gasteiger partial charge in [0.05, 0.1) is 17.3 Å². The third-order valence-corrected chi connectivity index (χ3v) is 4.17. The van der Waals surface area contributed by atoms with E-state index in [-0.39, 0.29) is 11.0 Å². The standard InChI is InChI=1S/C17H14BrN3O3S/c1-23-14-8-10(7-13-16(22)21-17(25)20-13)6-12(18)15(14)24-9-11-4-2-3-5-19-11/h2-8H,9H2,1H3,(H2,20,21,22,25). The topological polar surface area (TPSA) is 72.5 Å². The molecule has 128 valence electrons. The van der Waals surface area contributed by atoms with Gasteiger partial charge in [-0.15, -0.1) is 0 Å². The first-order valence-electron chi connectivity index (χ1n) is 7.31. The molecule has 8 heteroatoms. The number of thiocarbonyl (C=S) groups is 1. The van der Waals surface area contributed by atoms with Crippen LogP contribution in [0.15, 0.2) is 46.7 Å². The second-order valence-corrected chi connectivity index (χ2v) is 6.37. The molecule has 1 aliphatic heterocycles. The molecule has 1 aliphatic rings. The van der Waals surface area contributed by atoms with Gasteiger partial charge in [0.2, 0.25) is 0 Å². The van der Waals surface area contributed by atoms with E-state index in [4.69, 9.17) is 21.7 Å².